The molecule has 0 bridgehead atoms. The molecule has 1 aliphatic rings. The van der Waals surface area contributed by atoms with Gasteiger partial charge in [0.2, 0.25) is 0 Å². The number of nitrogens with one attached hydrogen (secondary N) is 1. The number of morpholine rings is 1. The molecule has 0 radical (unpaired) electrons. The number of nitrogens with zero attached hydrogens (tertiary/aromatic N) is 2. The van der Waals surface area contributed by atoms with Crippen LogP contribution in [0.4, 0.5) is 0 Å². The molecule has 1 fully saturated rings. The summed E-state index contributed by atoms with van der Waals surface area (Å²) in [6, 6.07) is 3.31. The average molecular weight is 261 g/mol. The van der Waals surface area contributed by atoms with Crippen LogP contribution in [0.3, 0.4) is 0 Å². The fourth-order valence-electron chi connectivity index (χ4n) is 1.62. The number of carbonyl (C=O) groups excluding carboxylic acids is 1. The highest BCUT2D eigenvalue weighted by Crippen LogP contribution is 2.00. The lowest BCUT2D eigenvalue weighted by Crippen LogP contribution is -2.48. The van der Waals surface area contributed by atoms with Crippen molar-refractivity contribution in [3.05, 3.63) is 29.6 Å². The van der Waals surface area contributed by atoms with Crippen LogP contribution in [0.2, 0.25) is 0 Å². The molecule has 2 heterocycles. The minimum absolute atomic E-state index is 0.195. The Bertz CT molecular complexity index is 484. The molecule has 6 heteroatoms. The van der Waals surface area contributed by atoms with Gasteiger partial charge in [-0.3, -0.25) is 10.2 Å². The van der Waals surface area contributed by atoms with E-state index in [-0.39, 0.29) is 12.5 Å². The molecular formula is C13H15N3O3. The SMILES string of the molecule is O=C(NN1CCOCC1)c1ccc(C#CCO)cn1. The summed E-state index contributed by atoms with van der Waals surface area (Å²) in [5, 5.41) is 10.4. The van der Waals surface area contributed by atoms with E-state index in [1.165, 1.54) is 6.20 Å². The molecule has 0 atom stereocenters. The Morgan fingerprint density at radius 1 is 1.47 bits per heavy atom. The van der Waals surface area contributed by atoms with E-state index in [1.807, 2.05) is 5.01 Å². The number of aliphatic hydroxyl groups excluding tert-OH is 1. The molecule has 1 aromatic rings. The number of hydrogen-bond acceptors (Lipinski definition) is 5. The van der Waals surface area contributed by atoms with Crippen molar-refractivity contribution >= 4 is 5.91 Å². The Hall–Kier alpha value is -1.94. The quantitative estimate of drug-likeness (QED) is 0.696. The van der Waals surface area contributed by atoms with Gasteiger partial charge in [0.25, 0.3) is 5.91 Å². The van der Waals surface area contributed by atoms with Gasteiger partial charge in [-0.2, -0.15) is 0 Å². The third-order valence-electron chi connectivity index (χ3n) is 2.58. The molecule has 19 heavy (non-hydrogen) atoms. The van der Waals surface area contributed by atoms with Crippen molar-refractivity contribution in [2.45, 2.75) is 0 Å². The van der Waals surface area contributed by atoms with Crippen LogP contribution in [0.1, 0.15) is 16.1 Å². The molecule has 1 saturated heterocycles. The van der Waals surface area contributed by atoms with Crippen LogP contribution in [0, 0.1) is 11.8 Å². The number of hydrazine groups is 1. The first-order valence-corrected chi connectivity index (χ1v) is 5.99. The maximum Gasteiger partial charge on any atom is 0.284 e. The summed E-state index contributed by atoms with van der Waals surface area (Å²) in [7, 11) is 0. The highest BCUT2D eigenvalue weighted by atomic mass is 16.5. The van der Waals surface area contributed by atoms with E-state index in [0.29, 0.717) is 37.6 Å². The second kappa shape index (κ2) is 6.85. The number of aromatic nitrogens is 1. The van der Waals surface area contributed by atoms with Crippen molar-refractivity contribution in [3.63, 3.8) is 0 Å². The zero-order chi connectivity index (χ0) is 13.5. The number of pyridine rings is 1. The number of amides is 1. The zero-order valence-corrected chi connectivity index (χ0v) is 10.4. The summed E-state index contributed by atoms with van der Waals surface area (Å²) < 4.78 is 5.20. The van der Waals surface area contributed by atoms with Crippen molar-refractivity contribution in [2.75, 3.05) is 32.9 Å². The lowest BCUT2D eigenvalue weighted by Gasteiger charge is -2.26. The van der Waals surface area contributed by atoms with E-state index in [2.05, 4.69) is 22.3 Å². The van der Waals surface area contributed by atoms with Crippen LogP contribution in [0.15, 0.2) is 18.3 Å². The summed E-state index contributed by atoms with van der Waals surface area (Å²) in [4.78, 5) is 15.9. The number of hydrogen-bond donors (Lipinski definition) is 2. The second-order valence-electron chi connectivity index (χ2n) is 3.93. The molecule has 1 amide bonds. The maximum absolute atomic E-state index is 11.9. The predicted molar refractivity (Wildman–Crippen MR) is 68.1 cm³/mol. The first-order chi connectivity index (χ1) is 9.29. The van der Waals surface area contributed by atoms with Gasteiger partial charge in [0, 0.05) is 24.8 Å². The van der Waals surface area contributed by atoms with Crippen molar-refractivity contribution in [1.29, 1.82) is 0 Å². The van der Waals surface area contributed by atoms with Gasteiger partial charge in [-0.25, -0.2) is 9.99 Å². The molecule has 1 aromatic heterocycles. The fraction of sp³-hybridized carbons (Fsp3) is 0.385. The standard InChI is InChI=1S/C13H15N3O3/c17-7-1-2-11-3-4-12(14-10-11)13(18)15-16-5-8-19-9-6-16/h3-4,10,17H,5-9H2,(H,15,18). The van der Waals surface area contributed by atoms with Gasteiger partial charge in [0.15, 0.2) is 0 Å². The minimum Gasteiger partial charge on any atom is -0.384 e. The summed E-state index contributed by atoms with van der Waals surface area (Å²) >= 11 is 0. The summed E-state index contributed by atoms with van der Waals surface area (Å²) in [6.45, 7) is 2.38. The summed E-state index contributed by atoms with van der Waals surface area (Å²) in [6.07, 6.45) is 1.51. The average Bonchev–Trinajstić information content (AvgIpc) is 2.46. The van der Waals surface area contributed by atoms with Crippen molar-refractivity contribution in [1.82, 2.24) is 15.4 Å². The maximum atomic E-state index is 11.9. The van der Waals surface area contributed by atoms with E-state index < -0.39 is 0 Å². The van der Waals surface area contributed by atoms with E-state index >= 15 is 0 Å². The van der Waals surface area contributed by atoms with Crippen LogP contribution >= 0.6 is 0 Å². The smallest absolute Gasteiger partial charge is 0.284 e. The normalized spacial score (nSPS) is 15.4. The largest absolute Gasteiger partial charge is 0.384 e. The van der Waals surface area contributed by atoms with Crippen LogP contribution in [0.25, 0.3) is 0 Å². The van der Waals surface area contributed by atoms with Crippen LogP contribution < -0.4 is 5.43 Å². The van der Waals surface area contributed by atoms with Crippen LogP contribution in [-0.4, -0.2) is 53.9 Å². The Balaban J connectivity index is 1.95. The molecule has 0 spiro atoms. The van der Waals surface area contributed by atoms with Gasteiger partial charge in [0.05, 0.1) is 13.2 Å². The predicted octanol–water partition coefficient (Wildman–Crippen LogP) is -0.598. The Kier molecular flexibility index (Phi) is 4.86. The van der Waals surface area contributed by atoms with E-state index in [1.54, 1.807) is 12.1 Å². The molecule has 0 aromatic carbocycles. The minimum atomic E-state index is -0.247. The van der Waals surface area contributed by atoms with Gasteiger partial charge in [-0.1, -0.05) is 11.8 Å². The molecule has 0 saturated carbocycles. The summed E-state index contributed by atoms with van der Waals surface area (Å²) in [5.41, 5.74) is 3.77. The molecular weight excluding hydrogens is 246 g/mol. The Morgan fingerprint density at radius 2 is 2.26 bits per heavy atom. The Labute approximate surface area is 111 Å². The first kappa shape index (κ1) is 13.5. The highest BCUT2D eigenvalue weighted by Gasteiger charge is 2.14. The van der Waals surface area contributed by atoms with Crippen LogP contribution in [-0.2, 0) is 4.74 Å². The van der Waals surface area contributed by atoms with Crippen LogP contribution in [0.5, 0.6) is 0 Å². The van der Waals surface area contributed by atoms with E-state index in [9.17, 15) is 4.79 Å². The topological polar surface area (TPSA) is 74.7 Å². The van der Waals surface area contributed by atoms with Gasteiger partial charge < -0.3 is 9.84 Å². The van der Waals surface area contributed by atoms with Crippen molar-refractivity contribution < 1.29 is 14.6 Å². The van der Waals surface area contributed by atoms with Gasteiger partial charge in [0.1, 0.15) is 12.3 Å². The lowest BCUT2D eigenvalue weighted by molar-refractivity contribution is 0.0124. The number of rotatable bonds is 2. The highest BCUT2D eigenvalue weighted by molar-refractivity contribution is 5.91. The van der Waals surface area contributed by atoms with Gasteiger partial charge in [-0.15, -0.1) is 0 Å². The first-order valence-electron chi connectivity index (χ1n) is 5.99. The zero-order valence-electron chi connectivity index (χ0n) is 10.4. The number of carbonyl (C=O) groups is 1. The molecule has 2 N–H and O–H groups in total. The second-order valence-corrected chi connectivity index (χ2v) is 3.93. The third kappa shape index (κ3) is 4.03. The number of aliphatic hydroxyl groups is 1. The fourth-order valence-corrected chi connectivity index (χ4v) is 1.62. The molecule has 6 nitrogen and oxygen atoms in total. The van der Waals surface area contributed by atoms with Gasteiger partial charge >= 0.3 is 0 Å². The van der Waals surface area contributed by atoms with Gasteiger partial charge in [-0.05, 0) is 12.1 Å². The lowest BCUT2D eigenvalue weighted by atomic mass is 10.2. The van der Waals surface area contributed by atoms with E-state index in [0.717, 1.165) is 0 Å². The summed E-state index contributed by atoms with van der Waals surface area (Å²) in [5.74, 6) is 5.00. The Morgan fingerprint density at radius 3 is 2.89 bits per heavy atom. The molecule has 2 rings (SSSR count). The molecule has 100 valence electrons. The molecule has 1 aliphatic heterocycles. The number of ether oxygens (including phenoxy) is 1. The molecule has 0 unspecified atom stereocenters. The van der Waals surface area contributed by atoms with Crippen molar-refractivity contribution in [2.24, 2.45) is 0 Å². The van der Waals surface area contributed by atoms with E-state index in [4.69, 9.17) is 9.84 Å². The monoisotopic (exact) mass is 261 g/mol. The molecule has 0 aliphatic carbocycles. The third-order valence-corrected chi connectivity index (χ3v) is 2.58. The van der Waals surface area contributed by atoms with Crippen molar-refractivity contribution in [3.8, 4) is 11.8 Å².